The molecule has 0 fully saturated rings. The Kier molecular flexibility index (Phi) is 4.42. The van der Waals surface area contributed by atoms with Crippen molar-refractivity contribution in [2.45, 2.75) is 19.8 Å². The zero-order chi connectivity index (χ0) is 16.6. The lowest BCUT2D eigenvalue weighted by atomic mass is 10.00. The predicted molar refractivity (Wildman–Crippen MR) is 92.2 cm³/mol. The number of ether oxygens (including phenoxy) is 1. The number of carbonyl (C=O) groups excluding carboxylic acids is 1. The van der Waals surface area contributed by atoms with Crippen molar-refractivity contribution in [2.75, 3.05) is 7.11 Å². The van der Waals surface area contributed by atoms with E-state index >= 15 is 0 Å². The Hall–Kier alpha value is -1.84. The second kappa shape index (κ2) is 6.34. The third kappa shape index (κ3) is 3.12. The first-order valence-corrected chi connectivity index (χ1v) is 7.95. The number of halogens is 2. The number of pyridine rings is 1. The number of aromatic nitrogens is 1. The first kappa shape index (κ1) is 16.0. The number of rotatable bonds is 3. The van der Waals surface area contributed by atoms with Crippen LogP contribution in [0.15, 0.2) is 30.0 Å². The van der Waals surface area contributed by atoms with Gasteiger partial charge in [0.05, 0.1) is 28.4 Å². The number of fused-ring (bicyclic) bond motifs is 1. The Morgan fingerprint density at radius 3 is 2.83 bits per heavy atom. The van der Waals surface area contributed by atoms with Gasteiger partial charge in [0.15, 0.2) is 0 Å². The molecule has 3 nitrogen and oxygen atoms in total. The van der Waals surface area contributed by atoms with Crippen molar-refractivity contribution in [3.8, 4) is 0 Å². The molecule has 3 rings (SSSR count). The molecule has 1 aliphatic rings. The average Bonchev–Trinajstić information content (AvgIpc) is 2.93. The van der Waals surface area contributed by atoms with Gasteiger partial charge in [-0.3, -0.25) is 4.98 Å². The maximum Gasteiger partial charge on any atom is 0.338 e. The minimum absolute atomic E-state index is 0.330. The van der Waals surface area contributed by atoms with Gasteiger partial charge in [-0.25, -0.2) is 4.79 Å². The molecule has 0 bridgehead atoms. The molecular formula is C18H15Cl2NO2. The minimum atomic E-state index is -0.330. The Labute approximate surface area is 144 Å². The third-order valence-corrected chi connectivity index (χ3v) is 4.84. The van der Waals surface area contributed by atoms with E-state index in [9.17, 15) is 4.79 Å². The van der Waals surface area contributed by atoms with Gasteiger partial charge in [-0.05, 0) is 54.7 Å². The van der Waals surface area contributed by atoms with E-state index in [0.29, 0.717) is 22.0 Å². The van der Waals surface area contributed by atoms with Gasteiger partial charge in [-0.15, -0.1) is 0 Å². The van der Waals surface area contributed by atoms with Gasteiger partial charge in [-0.2, -0.15) is 0 Å². The van der Waals surface area contributed by atoms with Crippen molar-refractivity contribution >= 4 is 35.2 Å². The van der Waals surface area contributed by atoms with E-state index in [-0.39, 0.29) is 5.97 Å². The van der Waals surface area contributed by atoms with E-state index in [1.54, 1.807) is 12.3 Å². The second-order valence-electron chi connectivity index (χ2n) is 5.58. The summed E-state index contributed by atoms with van der Waals surface area (Å²) >= 11 is 12.3. The Balaban J connectivity index is 1.86. The monoisotopic (exact) mass is 347 g/mol. The van der Waals surface area contributed by atoms with Gasteiger partial charge in [0, 0.05) is 6.20 Å². The maximum atomic E-state index is 11.9. The summed E-state index contributed by atoms with van der Waals surface area (Å²) in [6, 6.07) is 5.62. The third-order valence-electron chi connectivity index (χ3n) is 3.94. The molecule has 1 aromatic heterocycles. The number of nitrogens with zero attached hydrogens (tertiary/aromatic N) is 1. The number of benzene rings is 1. The number of methoxy groups -OCH3 is 1. The van der Waals surface area contributed by atoms with Crippen molar-refractivity contribution in [3.63, 3.8) is 0 Å². The molecule has 0 radical (unpaired) electrons. The van der Waals surface area contributed by atoms with E-state index in [4.69, 9.17) is 27.9 Å². The molecule has 1 aromatic carbocycles. The number of hydrogen-bond acceptors (Lipinski definition) is 3. The van der Waals surface area contributed by atoms with Gasteiger partial charge >= 0.3 is 5.97 Å². The standard InChI is InChI=1S/C18H15Cl2NO2/c1-10-5-11(8-15(19)17(10)20)6-12-7-14-13(18(22)23-2)3-4-21-16(14)9-12/h3-5,8-9H,6-7H2,1-2H3. The molecule has 1 heterocycles. The highest BCUT2D eigenvalue weighted by Crippen LogP contribution is 2.32. The van der Waals surface area contributed by atoms with Gasteiger partial charge in [0.1, 0.15) is 0 Å². The van der Waals surface area contributed by atoms with E-state index in [1.807, 2.05) is 25.1 Å². The minimum Gasteiger partial charge on any atom is -0.465 e. The van der Waals surface area contributed by atoms with Crippen LogP contribution in [0.1, 0.15) is 32.7 Å². The highest BCUT2D eigenvalue weighted by molar-refractivity contribution is 6.42. The fourth-order valence-electron chi connectivity index (χ4n) is 2.87. The summed E-state index contributed by atoms with van der Waals surface area (Å²) in [5, 5.41) is 1.15. The predicted octanol–water partition coefficient (Wildman–Crippen LogP) is 4.67. The molecule has 1 aliphatic carbocycles. The normalized spacial score (nSPS) is 12.8. The zero-order valence-electron chi connectivity index (χ0n) is 12.8. The summed E-state index contributed by atoms with van der Waals surface area (Å²) in [6.45, 7) is 1.94. The lowest BCUT2D eigenvalue weighted by molar-refractivity contribution is 0.0599. The summed E-state index contributed by atoms with van der Waals surface area (Å²) in [7, 11) is 1.39. The Morgan fingerprint density at radius 2 is 2.13 bits per heavy atom. The Bertz CT molecular complexity index is 805. The number of aryl methyl sites for hydroxylation is 1. The van der Waals surface area contributed by atoms with Crippen molar-refractivity contribution in [2.24, 2.45) is 0 Å². The first-order chi connectivity index (χ1) is 11.0. The molecule has 0 amide bonds. The van der Waals surface area contributed by atoms with Gasteiger partial charge in [-0.1, -0.05) is 34.8 Å². The molecular weight excluding hydrogens is 333 g/mol. The molecule has 0 saturated carbocycles. The van der Waals surface area contributed by atoms with Crippen LogP contribution in [0.3, 0.4) is 0 Å². The zero-order valence-corrected chi connectivity index (χ0v) is 14.3. The molecule has 2 aromatic rings. The lowest BCUT2D eigenvalue weighted by Gasteiger charge is -2.08. The number of hydrogen-bond donors (Lipinski definition) is 0. The Morgan fingerprint density at radius 1 is 1.35 bits per heavy atom. The van der Waals surface area contributed by atoms with Crippen LogP contribution in [0.2, 0.25) is 10.0 Å². The topological polar surface area (TPSA) is 39.2 Å². The van der Waals surface area contributed by atoms with Crippen LogP contribution < -0.4 is 0 Å². The van der Waals surface area contributed by atoms with Crippen LogP contribution in [0.5, 0.6) is 0 Å². The fourth-order valence-corrected chi connectivity index (χ4v) is 3.27. The van der Waals surface area contributed by atoms with Crippen LogP contribution in [-0.2, 0) is 17.6 Å². The summed E-state index contributed by atoms with van der Waals surface area (Å²) in [4.78, 5) is 16.2. The molecule has 118 valence electrons. The molecule has 0 unspecified atom stereocenters. The SMILES string of the molecule is COC(=O)c1ccnc2c1CC(Cc1cc(C)c(Cl)c(Cl)c1)=C2. The quantitative estimate of drug-likeness (QED) is 0.757. The summed E-state index contributed by atoms with van der Waals surface area (Å²) in [5.41, 5.74) is 5.57. The van der Waals surface area contributed by atoms with E-state index in [0.717, 1.165) is 28.8 Å². The maximum absolute atomic E-state index is 11.9. The summed E-state index contributed by atoms with van der Waals surface area (Å²) in [6.07, 6.45) is 5.09. The van der Waals surface area contributed by atoms with Crippen LogP contribution in [0.4, 0.5) is 0 Å². The molecule has 0 N–H and O–H groups in total. The van der Waals surface area contributed by atoms with Gasteiger partial charge < -0.3 is 4.74 Å². The van der Waals surface area contributed by atoms with E-state index < -0.39 is 0 Å². The molecule has 0 aliphatic heterocycles. The molecule has 0 atom stereocenters. The van der Waals surface area contributed by atoms with Crippen molar-refractivity contribution in [3.05, 3.63) is 68.0 Å². The highest BCUT2D eigenvalue weighted by Gasteiger charge is 2.21. The van der Waals surface area contributed by atoms with E-state index in [2.05, 4.69) is 4.98 Å². The summed E-state index contributed by atoms with van der Waals surface area (Å²) < 4.78 is 4.84. The summed E-state index contributed by atoms with van der Waals surface area (Å²) in [5.74, 6) is -0.330. The van der Waals surface area contributed by atoms with Gasteiger partial charge in [0.25, 0.3) is 0 Å². The van der Waals surface area contributed by atoms with Gasteiger partial charge in [0.2, 0.25) is 0 Å². The fraction of sp³-hybridized carbons (Fsp3) is 0.222. The molecule has 0 spiro atoms. The van der Waals surface area contributed by atoms with Crippen molar-refractivity contribution in [1.82, 2.24) is 4.98 Å². The van der Waals surface area contributed by atoms with Crippen molar-refractivity contribution < 1.29 is 9.53 Å². The van der Waals surface area contributed by atoms with E-state index in [1.165, 1.54) is 12.7 Å². The van der Waals surface area contributed by atoms with Crippen molar-refractivity contribution in [1.29, 1.82) is 0 Å². The van der Waals surface area contributed by atoms with Crippen LogP contribution >= 0.6 is 23.2 Å². The molecule has 0 saturated heterocycles. The smallest absolute Gasteiger partial charge is 0.338 e. The number of allylic oxidation sites excluding steroid dienone is 1. The number of carbonyl (C=O) groups is 1. The van der Waals surface area contributed by atoms with Crippen LogP contribution in [0, 0.1) is 6.92 Å². The average molecular weight is 348 g/mol. The molecule has 23 heavy (non-hydrogen) atoms. The second-order valence-corrected chi connectivity index (χ2v) is 6.36. The van der Waals surface area contributed by atoms with Crippen LogP contribution in [-0.4, -0.2) is 18.1 Å². The lowest BCUT2D eigenvalue weighted by Crippen LogP contribution is -2.07. The van der Waals surface area contributed by atoms with Crippen LogP contribution in [0.25, 0.3) is 6.08 Å². The highest BCUT2D eigenvalue weighted by atomic mass is 35.5. The largest absolute Gasteiger partial charge is 0.465 e. The molecule has 5 heteroatoms. The number of esters is 1. The first-order valence-electron chi connectivity index (χ1n) is 7.19.